The monoisotopic (exact) mass is 239 g/mol. The van der Waals surface area contributed by atoms with Crippen LogP contribution in [-0.2, 0) is 6.54 Å². The van der Waals surface area contributed by atoms with Crippen LogP contribution in [0.4, 0.5) is 0 Å². The van der Waals surface area contributed by atoms with E-state index in [4.69, 9.17) is 5.26 Å². The third-order valence-corrected chi connectivity index (χ3v) is 3.17. The summed E-state index contributed by atoms with van der Waals surface area (Å²) in [6, 6.07) is 6.53. The smallest absolute Gasteiger partial charge is 0.102 e. The first kappa shape index (κ1) is 10.9. The average molecular weight is 239 g/mol. The average Bonchev–Trinajstić information content (AvgIpc) is 2.83. The van der Waals surface area contributed by atoms with Gasteiger partial charge in [0.15, 0.2) is 0 Å². The zero-order valence-corrected chi connectivity index (χ0v) is 9.90. The van der Waals surface area contributed by atoms with Gasteiger partial charge in [0.25, 0.3) is 0 Å². The zero-order chi connectivity index (χ0) is 12.4. The van der Waals surface area contributed by atoms with E-state index in [1.807, 2.05) is 23.1 Å². The molecule has 0 atom stereocenters. The maximum absolute atomic E-state index is 8.75. The minimum Gasteiger partial charge on any atom is -0.295 e. The van der Waals surface area contributed by atoms with Gasteiger partial charge in [-0.25, -0.2) is 0 Å². The van der Waals surface area contributed by atoms with Crippen molar-refractivity contribution < 1.29 is 0 Å². The number of pyridine rings is 1. The molecule has 1 saturated heterocycles. The van der Waals surface area contributed by atoms with Crippen molar-refractivity contribution in [1.82, 2.24) is 19.7 Å². The van der Waals surface area contributed by atoms with Crippen LogP contribution < -0.4 is 0 Å². The van der Waals surface area contributed by atoms with E-state index in [1.165, 1.54) is 5.56 Å². The molecule has 0 N–H and O–H groups in total. The van der Waals surface area contributed by atoms with Crippen molar-refractivity contribution in [3.8, 4) is 6.07 Å². The molecule has 0 amide bonds. The number of likely N-dealkylation sites (tertiary alicyclic amines) is 1. The molecule has 5 nitrogen and oxygen atoms in total. The lowest BCUT2D eigenvalue weighted by Gasteiger charge is -2.39. The highest BCUT2D eigenvalue weighted by atomic mass is 15.4. The fraction of sp³-hybridized carbons (Fsp3) is 0.308. The Morgan fingerprint density at radius 2 is 2.28 bits per heavy atom. The molecule has 0 unspecified atom stereocenters. The highest BCUT2D eigenvalue weighted by Gasteiger charge is 2.28. The summed E-state index contributed by atoms with van der Waals surface area (Å²) in [7, 11) is 0. The van der Waals surface area contributed by atoms with Gasteiger partial charge in [-0.1, -0.05) is 6.07 Å². The third kappa shape index (κ3) is 2.11. The van der Waals surface area contributed by atoms with Crippen molar-refractivity contribution >= 4 is 0 Å². The van der Waals surface area contributed by atoms with Gasteiger partial charge >= 0.3 is 0 Å². The first-order valence-electron chi connectivity index (χ1n) is 5.90. The third-order valence-electron chi connectivity index (χ3n) is 3.17. The van der Waals surface area contributed by atoms with Gasteiger partial charge < -0.3 is 0 Å². The minimum absolute atomic E-state index is 0.392. The van der Waals surface area contributed by atoms with E-state index in [1.54, 1.807) is 12.4 Å². The van der Waals surface area contributed by atoms with Crippen LogP contribution in [-0.4, -0.2) is 32.8 Å². The van der Waals surface area contributed by atoms with Crippen LogP contribution in [0.1, 0.15) is 17.2 Å². The molecule has 1 aliphatic heterocycles. The Balaban J connectivity index is 1.56. The van der Waals surface area contributed by atoms with E-state index in [0.717, 1.165) is 19.6 Å². The summed E-state index contributed by atoms with van der Waals surface area (Å²) in [6.07, 6.45) is 7.11. The van der Waals surface area contributed by atoms with Crippen LogP contribution in [0.5, 0.6) is 0 Å². The van der Waals surface area contributed by atoms with E-state index < -0.39 is 0 Å². The van der Waals surface area contributed by atoms with Crippen LogP contribution in [0.2, 0.25) is 0 Å². The van der Waals surface area contributed by atoms with Crippen molar-refractivity contribution in [3.63, 3.8) is 0 Å². The van der Waals surface area contributed by atoms with Gasteiger partial charge in [-0.3, -0.25) is 14.6 Å². The summed E-state index contributed by atoms with van der Waals surface area (Å²) >= 11 is 0. The van der Waals surface area contributed by atoms with E-state index in [0.29, 0.717) is 11.6 Å². The summed E-state index contributed by atoms with van der Waals surface area (Å²) in [6.45, 7) is 2.87. The lowest BCUT2D eigenvalue weighted by atomic mass is 10.1. The summed E-state index contributed by atoms with van der Waals surface area (Å²) in [4.78, 5) is 6.45. The molecule has 3 rings (SSSR count). The predicted molar refractivity (Wildman–Crippen MR) is 65.5 cm³/mol. The van der Waals surface area contributed by atoms with Gasteiger partial charge in [-0.15, -0.1) is 0 Å². The molecule has 0 spiro atoms. The number of hydrogen-bond donors (Lipinski definition) is 0. The Kier molecular flexibility index (Phi) is 2.79. The van der Waals surface area contributed by atoms with E-state index >= 15 is 0 Å². The second kappa shape index (κ2) is 4.59. The lowest BCUT2D eigenvalue weighted by molar-refractivity contribution is 0.0908. The fourth-order valence-electron chi connectivity index (χ4n) is 2.18. The van der Waals surface area contributed by atoms with Gasteiger partial charge in [-0.2, -0.15) is 10.4 Å². The lowest BCUT2D eigenvalue weighted by Crippen LogP contribution is -2.47. The van der Waals surface area contributed by atoms with Gasteiger partial charge in [0, 0.05) is 38.2 Å². The fourth-order valence-corrected chi connectivity index (χ4v) is 2.18. The maximum Gasteiger partial charge on any atom is 0.102 e. The summed E-state index contributed by atoms with van der Waals surface area (Å²) in [5.74, 6) is 0. The van der Waals surface area contributed by atoms with E-state index in [9.17, 15) is 0 Å². The number of nitrogens with zero attached hydrogens (tertiary/aromatic N) is 5. The zero-order valence-electron chi connectivity index (χ0n) is 9.90. The van der Waals surface area contributed by atoms with Crippen LogP contribution in [0.3, 0.4) is 0 Å². The van der Waals surface area contributed by atoms with E-state index in [2.05, 4.69) is 27.1 Å². The molecular formula is C13H13N5. The summed E-state index contributed by atoms with van der Waals surface area (Å²) in [5.41, 5.74) is 1.86. The molecule has 3 heterocycles. The molecule has 0 aliphatic carbocycles. The van der Waals surface area contributed by atoms with Crippen molar-refractivity contribution in [2.75, 3.05) is 13.1 Å². The first-order valence-corrected chi connectivity index (χ1v) is 5.90. The maximum atomic E-state index is 8.75. The van der Waals surface area contributed by atoms with Gasteiger partial charge in [0.1, 0.15) is 6.07 Å². The van der Waals surface area contributed by atoms with Gasteiger partial charge in [0.2, 0.25) is 0 Å². The van der Waals surface area contributed by atoms with Crippen LogP contribution in [0.15, 0.2) is 36.9 Å². The molecular weight excluding hydrogens is 226 g/mol. The molecule has 0 saturated carbocycles. The summed E-state index contributed by atoms with van der Waals surface area (Å²) in [5, 5.41) is 13.0. The Bertz CT molecular complexity index is 563. The molecule has 5 heteroatoms. The van der Waals surface area contributed by atoms with E-state index in [-0.39, 0.29) is 0 Å². The number of rotatable bonds is 3. The molecule has 1 aliphatic rings. The first-order chi connectivity index (χ1) is 8.85. The van der Waals surface area contributed by atoms with Gasteiger partial charge in [-0.05, 0) is 11.6 Å². The van der Waals surface area contributed by atoms with Crippen molar-refractivity contribution in [3.05, 3.63) is 48.0 Å². The molecule has 0 bridgehead atoms. The highest BCUT2D eigenvalue weighted by Crippen LogP contribution is 2.22. The largest absolute Gasteiger partial charge is 0.295 e. The molecule has 0 aromatic carbocycles. The Hall–Kier alpha value is -2.19. The number of hydrogen-bond acceptors (Lipinski definition) is 4. The van der Waals surface area contributed by atoms with Crippen LogP contribution in [0.25, 0.3) is 0 Å². The minimum atomic E-state index is 0.392. The highest BCUT2D eigenvalue weighted by molar-refractivity contribution is 5.22. The standard InChI is InChI=1S/C13H13N5/c14-4-12-6-16-18(8-12)13-9-17(10-13)7-11-2-1-3-15-5-11/h1-3,5-6,8,13H,7,9-10H2. The van der Waals surface area contributed by atoms with Crippen molar-refractivity contribution in [1.29, 1.82) is 5.26 Å². The molecule has 90 valence electrons. The molecule has 1 fully saturated rings. The van der Waals surface area contributed by atoms with Crippen molar-refractivity contribution in [2.45, 2.75) is 12.6 Å². The Labute approximate surface area is 105 Å². The molecule has 2 aromatic rings. The van der Waals surface area contributed by atoms with Crippen LogP contribution in [0, 0.1) is 11.3 Å². The van der Waals surface area contributed by atoms with Crippen molar-refractivity contribution in [2.24, 2.45) is 0 Å². The summed E-state index contributed by atoms with van der Waals surface area (Å²) < 4.78 is 1.89. The second-order valence-corrected chi connectivity index (χ2v) is 4.53. The topological polar surface area (TPSA) is 57.7 Å². The van der Waals surface area contributed by atoms with Gasteiger partial charge in [0.05, 0.1) is 17.8 Å². The second-order valence-electron chi connectivity index (χ2n) is 4.53. The quantitative estimate of drug-likeness (QED) is 0.807. The normalized spacial score (nSPS) is 16.2. The molecule has 2 aromatic heterocycles. The Morgan fingerprint density at radius 3 is 2.94 bits per heavy atom. The Morgan fingerprint density at radius 1 is 1.39 bits per heavy atom. The number of aromatic nitrogens is 3. The molecule has 0 radical (unpaired) electrons. The predicted octanol–water partition coefficient (Wildman–Crippen LogP) is 1.21. The SMILES string of the molecule is N#Cc1cnn(C2CN(Cc3cccnc3)C2)c1. The molecule has 18 heavy (non-hydrogen) atoms. The number of nitriles is 1. The van der Waals surface area contributed by atoms with Crippen LogP contribution >= 0.6 is 0 Å².